The molecule has 0 fully saturated rings. The molecule has 3 aromatic rings. The number of hydrogen-bond donors (Lipinski definition) is 2. The van der Waals surface area contributed by atoms with E-state index < -0.39 is 5.91 Å². The predicted octanol–water partition coefficient (Wildman–Crippen LogP) is 3.37. The molecule has 2 aromatic carbocycles. The molecule has 0 spiro atoms. The first-order valence-corrected chi connectivity index (χ1v) is 8.54. The Kier molecular flexibility index (Phi) is 6.35. The van der Waals surface area contributed by atoms with Crippen LogP contribution in [0, 0.1) is 5.82 Å². The molecule has 1 heterocycles. The first-order valence-electron chi connectivity index (χ1n) is 8.54. The number of benzene rings is 2. The SMILES string of the molecule is COc1ccc(OCCNc2cc(C(=O)Nc3ccc(F)cc3)ncn2)cc1. The lowest BCUT2D eigenvalue weighted by atomic mass is 10.3. The van der Waals surface area contributed by atoms with Crippen LogP contribution in [0.4, 0.5) is 15.9 Å². The van der Waals surface area contributed by atoms with Crippen molar-refractivity contribution in [2.45, 2.75) is 0 Å². The van der Waals surface area contributed by atoms with Gasteiger partial charge in [-0.3, -0.25) is 4.79 Å². The van der Waals surface area contributed by atoms with Crippen LogP contribution in [0.2, 0.25) is 0 Å². The Labute approximate surface area is 161 Å². The number of aromatic nitrogens is 2. The standard InChI is InChI=1S/C20H19FN4O3/c1-27-16-6-8-17(9-7-16)28-11-10-22-19-12-18(23-13-24-19)20(26)25-15-4-2-14(21)3-5-15/h2-9,12-13H,10-11H2,1H3,(H,25,26)(H,22,23,24). The van der Waals surface area contributed by atoms with Gasteiger partial charge >= 0.3 is 0 Å². The van der Waals surface area contributed by atoms with Crippen LogP contribution in [0.3, 0.4) is 0 Å². The highest BCUT2D eigenvalue weighted by Crippen LogP contribution is 2.17. The van der Waals surface area contributed by atoms with Crippen molar-refractivity contribution < 1.29 is 18.7 Å². The Balaban J connectivity index is 1.49. The molecule has 0 saturated carbocycles. The third kappa shape index (κ3) is 5.41. The molecule has 7 nitrogen and oxygen atoms in total. The molecule has 1 aromatic heterocycles. The lowest BCUT2D eigenvalue weighted by Crippen LogP contribution is -2.16. The minimum atomic E-state index is -0.411. The third-order valence-electron chi connectivity index (χ3n) is 3.74. The van der Waals surface area contributed by atoms with Crippen molar-refractivity contribution in [3.63, 3.8) is 0 Å². The van der Waals surface area contributed by atoms with E-state index in [9.17, 15) is 9.18 Å². The second-order valence-electron chi connectivity index (χ2n) is 5.70. The number of amides is 1. The number of nitrogens with one attached hydrogen (secondary N) is 2. The van der Waals surface area contributed by atoms with Crippen LogP contribution in [0.1, 0.15) is 10.5 Å². The Morgan fingerprint density at radius 3 is 2.46 bits per heavy atom. The highest BCUT2D eigenvalue weighted by atomic mass is 19.1. The summed E-state index contributed by atoms with van der Waals surface area (Å²) in [7, 11) is 1.61. The molecule has 0 aliphatic rings. The van der Waals surface area contributed by atoms with E-state index in [-0.39, 0.29) is 11.5 Å². The van der Waals surface area contributed by atoms with Crippen molar-refractivity contribution in [2.24, 2.45) is 0 Å². The molecule has 0 saturated heterocycles. The molecule has 0 bridgehead atoms. The fraction of sp³-hybridized carbons (Fsp3) is 0.150. The van der Waals surface area contributed by atoms with E-state index in [4.69, 9.17) is 9.47 Å². The van der Waals surface area contributed by atoms with E-state index in [1.54, 1.807) is 7.11 Å². The van der Waals surface area contributed by atoms with Gasteiger partial charge in [-0.2, -0.15) is 0 Å². The number of halogens is 1. The fourth-order valence-electron chi connectivity index (χ4n) is 2.33. The first kappa shape index (κ1) is 19.1. The summed E-state index contributed by atoms with van der Waals surface area (Å²) in [6.07, 6.45) is 1.30. The van der Waals surface area contributed by atoms with Crippen molar-refractivity contribution in [2.75, 3.05) is 30.9 Å². The lowest BCUT2D eigenvalue weighted by molar-refractivity contribution is 0.102. The van der Waals surface area contributed by atoms with Crippen molar-refractivity contribution in [1.29, 1.82) is 0 Å². The molecule has 0 unspecified atom stereocenters. The molecule has 0 radical (unpaired) electrons. The van der Waals surface area contributed by atoms with E-state index in [0.717, 1.165) is 11.5 Å². The summed E-state index contributed by atoms with van der Waals surface area (Å²) < 4.78 is 23.6. The quantitative estimate of drug-likeness (QED) is 0.581. The smallest absolute Gasteiger partial charge is 0.274 e. The van der Waals surface area contributed by atoms with Crippen molar-refractivity contribution in [3.8, 4) is 11.5 Å². The second-order valence-corrected chi connectivity index (χ2v) is 5.70. The van der Waals surface area contributed by atoms with Crippen LogP contribution in [0.15, 0.2) is 60.9 Å². The van der Waals surface area contributed by atoms with E-state index in [2.05, 4.69) is 20.6 Å². The minimum Gasteiger partial charge on any atom is -0.497 e. The number of nitrogens with zero attached hydrogens (tertiary/aromatic N) is 2. The summed E-state index contributed by atoms with van der Waals surface area (Å²) in [6, 6.07) is 14.3. The van der Waals surface area contributed by atoms with Crippen LogP contribution in [0.5, 0.6) is 11.5 Å². The normalized spacial score (nSPS) is 10.2. The predicted molar refractivity (Wildman–Crippen MR) is 103 cm³/mol. The zero-order chi connectivity index (χ0) is 19.8. The Hall–Kier alpha value is -3.68. The van der Waals surface area contributed by atoms with Gasteiger partial charge in [-0.15, -0.1) is 0 Å². The fourth-order valence-corrected chi connectivity index (χ4v) is 2.33. The summed E-state index contributed by atoms with van der Waals surface area (Å²) in [6.45, 7) is 0.898. The maximum absolute atomic E-state index is 12.9. The summed E-state index contributed by atoms with van der Waals surface area (Å²) >= 11 is 0. The molecule has 144 valence electrons. The largest absolute Gasteiger partial charge is 0.497 e. The van der Waals surface area contributed by atoms with Gasteiger partial charge in [-0.25, -0.2) is 14.4 Å². The van der Waals surface area contributed by atoms with Crippen LogP contribution in [0.25, 0.3) is 0 Å². The van der Waals surface area contributed by atoms with Crippen LogP contribution < -0.4 is 20.1 Å². The van der Waals surface area contributed by atoms with Crippen molar-refractivity contribution in [1.82, 2.24) is 9.97 Å². The van der Waals surface area contributed by atoms with E-state index in [1.165, 1.54) is 36.7 Å². The van der Waals surface area contributed by atoms with Gasteiger partial charge in [0.1, 0.15) is 41.8 Å². The molecule has 1 amide bonds. The van der Waals surface area contributed by atoms with Gasteiger partial charge in [0.15, 0.2) is 0 Å². The van der Waals surface area contributed by atoms with Crippen molar-refractivity contribution >= 4 is 17.4 Å². The molecule has 0 aliphatic carbocycles. The highest BCUT2D eigenvalue weighted by Gasteiger charge is 2.09. The summed E-state index contributed by atoms with van der Waals surface area (Å²) in [5, 5.41) is 5.73. The van der Waals surface area contributed by atoms with Crippen molar-refractivity contribution in [3.05, 3.63) is 72.4 Å². The zero-order valence-electron chi connectivity index (χ0n) is 15.2. The summed E-state index contributed by atoms with van der Waals surface area (Å²) in [5.74, 6) is 1.20. The van der Waals surface area contributed by atoms with Gasteiger partial charge in [0.05, 0.1) is 13.7 Å². The van der Waals surface area contributed by atoms with Gasteiger partial charge in [0.2, 0.25) is 0 Å². The molecule has 28 heavy (non-hydrogen) atoms. The Morgan fingerprint density at radius 1 is 1.04 bits per heavy atom. The number of methoxy groups -OCH3 is 1. The van der Waals surface area contributed by atoms with E-state index >= 15 is 0 Å². The van der Waals surface area contributed by atoms with Gasteiger partial charge < -0.3 is 20.1 Å². The van der Waals surface area contributed by atoms with E-state index in [1.807, 2.05) is 24.3 Å². The summed E-state index contributed by atoms with van der Waals surface area (Å²) in [4.78, 5) is 20.3. The van der Waals surface area contributed by atoms with Crippen LogP contribution >= 0.6 is 0 Å². The number of carbonyl (C=O) groups is 1. The minimum absolute atomic E-state index is 0.192. The maximum Gasteiger partial charge on any atom is 0.274 e. The topological polar surface area (TPSA) is 85.4 Å². The molecule has 2 N–H and O–H groups in total. The average Bonchev–Trinajstić information content (AvgIpc) is 2.73. The van der Waals surface area contributed by atoms with Crippen LogP contribution in [-0.4, -0.2) is 36.1 Å². The number of ether oxygens (including phenoxy) is 2. The van der Waals surface area contributed by atoms with E-state index in [0.29, 0.717) is 24.7 Å². The third-order valence-corrected chi connectivity index (χ3v) is 3.74. The number of rotatable bonds is 8. The molecule has 8 heteroatoms. The van der Waals surface area contributed by atoms with Gasteiger partial charge in [0.25, 0.3) is 5.91 Å². The first-order chi connectivity index (χ1) is 13.6. The Morgan fingerprint density at radius 2 is 1.75 bits per heavy atom. The van der Waals surface area contributed by atoms with Gasteiger partial charge in [0, 0.05) is 11.8 Å². The number of carbonyl (C=O) groups excluding carboxylic acids is 1. The zero-order valence-corrected chi connectivity index (χ0v) is 15.2. The Bertz CT molecular complexity index is 917. The molecule has 0 aliphatic heterocycles. The number of anilines is 2. The maximum atomic E-state index is 12.9. The molecular weight excluding hydrogens is 363 g/mol. The molecule has 3 rings (SSSR count). The molecular formula is C20H19FN4O3. The number of hydrogen-bond acceptors (Lipinski definition) is 6. The average molecular weight is 382 g/mol. The van der Waals surface area contributed by atoms with Gasteiger partial charge in [-0.1, -0.05) is 0 Å². The monoisotopic (exact) mass is 382 g/mol. The highest BCUT2D eigenvalue weighted by molar-refractivity contribution is 6.03. The van der Waals surface area contributed by atoms with Crippen LogP contribution in [-0.2, 0) is 0 Å². The van der Waals surface area contributed by atoms with Gasteiger partial charge in [-0.05, 0) is 48.5 Å². The molecule has 0 atom stereocenters. The second kappa shape index (κ2) is 9.31. The lowest BCUT2D eigenvalue weighted by Gasteiger charge is -2.09. The summed E-state index contributed by atoms with van der Waals surface area (Å²) in [5.41, 5.74) is 0.672.